The molecule has 15 heavy (non-hydrogen) atoms. The normalized spacial score (nSPS) is 21.2. The fraction of sp³-hybridized carbons (Fsp3) is 0.500. The molecule has 0 aliphatic carbocycles. The van der Waals surface area contributed by atoms with Crippen LogP contribution in [0.5, 0.6) is 0 Å². The quantitative estimate of drug-likeness (QED) is 0.672. The largest absolute Gasteiger partial charge is 0.378 e. The summed E-state index contributed by atoms with van der Waals surface area (Å²) in [6.45, 7) is 2.16. The van der Waals surface area contributed by atoms with Crippen LogP contribution in [0.4, 0.5) is 5.82 Å². The highest BCUT2D eigenvalue weighted by Gasteiger charge is 2.16. The number of rotatable bonds is 3. The van der Waals surface area contributed by atoms with Crippen molar-refractivity contribution in [3.05, 3.63) is 18.3 Å². The van der Waals surface area contributed by atoms with Gasteiger partial charge in [0.15, 0.2) is 0 Å². The molecule has 0 aromatic carbocycles. The zero-order valence-electron chi connectivity index (χ0n) is 8.45. The van der Waals surface area contributed by atoms with Crippen molar-refractivity contribution in [2.75, 3.05) is 25.1 Å². The first-order chi connectivity index (χ1) is 7.34. The van der Waals surface area contributed by atoms with Gasteiger partial charge in [0.05, 0.1) is 13.2 Å². The lowest BCUT2D eigenvalue weighted by atomic mass is 10.2. The average Bonchev–Trinajstić information content (AvgIpc) is 2.71. The topological polar surface area (TPSA) is 66.2 Å². The van der Waals surface area contributed by atoms with E-state index in [4.69, 9.17) is 4.74 Å². The molecule has 82 valence electrons. The summed E-state index contributed by atoms with van der Waals surface area (Å²) in [5.74, 6) is 0.733. The van der Waals surface area contributed by atoms with Crippen molar-refractivity contribution in [3.63, 3.8) is 0 Å². The first-order valence-electron chi connectivity index (χ1n) is 5.09. The fourth-order valence-electron chi connectivity index (χ4n) is 1.58. The molecule has 1 aliphatic heterocycles. The number of hydrogen-bond acceptors (Lipinski definition) is 3. The Balaban J connectivity index is 1.76. The highest BCUT2D eigenvalue weighted by Crippen LogP contribution is 2.04. The molecule has 1 fully saturated rings. The number of aromatic amines is 1. The Morgan fingerprint density at radius 3 is 3.27 bits per heavy atom. The lowest BCUT2D eigenvalue weighted by Gasteiger charge is -2.23. The van der Waals surface area contributed by atoms with E-state index in [-0.39, 0.29) is 11.9 Å². The first kappa shape index (κ1) is 10.2. The lowest BCUT2D eigenvalue weighted by molar-refractivity contribution is -0.117. The van der Waals surface area contributed by atoms with E-state index in [1.54, 1.807) is 6.20 Å². The summed E-state index contributed by atoms with van der Waals surface area (Å²) in [7, 11) is 0. The number of carbonyl (C=O) groups excluding carboxylic acids is 1. The van der Waals surface area contributed by atoms with E-state index >= 15 is 0 Å². The zero-order valence-corrected chi connectivity index (χ0v) is 8.45. The molecule has 1 aromatic rings. The Labute approximate surface area is 88.2 Å². The van der Waals surface area contributed by atoms with Gasteiger partial charge in [0, 0.05) is 25.2 Å². The number of H-pyrrole nitrogens is 1. The van der Waals surface area contributed by atoms with Crippen LogP contribution in [0.1, 0.15) is 6.42 Å². The van der Waals surface area contributed by atoms with Crippen LogP contribution in [-0.2, 0) is 9.53 Å². The predicted molar refractivity (Wildman–Crippen MR) is 56.6 cm³/mol. The van der Waals surface area contributed by atoms with E-state index in [1.807, 2.05) is 12.1 Å². The van der Waals surface area contributed by atoms with Gasteiger partial charge in [-0.2, -0.15) is 0 Å². The summed E-state index contributed by atoms with van der Waals surface area (Å²) < 4.78 is 5.27. The average molecular weight is 209 g/mol. The van der Waals surface area contributed by atoms with Crippen LogP contribution in [0.2, 0.25) is 0 Å². The third-order valence-corrected chi connectivity index (χ3v) is 2.30. The van der Waals surface area contributed by atoms with Crippen molar-refractivity contribution in [2.24, 2.45) is 0 Å². The molecular formula is C10H15N3O2. The SMILES string of the molecule is O=C(CC1COCCN1)Nc1ccc[nH]1. The van der Waals surface area contributed by atoms with Crippen LogP contribution in [0.15, 0.2) is 18.3 Å². The van der Waals surface area contributed by atoms with Gasteiger partial charge in [-0.15, -0.1) is 0 Å². The number of amides is 1. The lowest BCUT2D eigenvalue weighted by Crippen LogP contribution is -2.43. The number of carbonyl (C=O) groups is 1. The summed E-state index contributed by atoms with van der Waals surface area (Å²) in [5.41, 5.74) is 0. The van der Waals surface area contributed by atoms with Crippen molar-refractivity contribution in [1.82, 2.24) is 10.3 Å². The maximum Gasteiger partial charge on any atom is 0.227 e. The molecule has 3 N–H and O–H groups in total. The fourth-order valence-corrected chi connectivity index (χ4v) is 1.58. The molecule has 0 spiro atoms. The van der Waals surface area contributed by atoms with E-state index in [9.17, 15) is 4.79 Å². The molecule has 1 unspecified atom stereocenters. The number of anilines is 1. The van der Waals surface area contributed by atoms with Crippen LogP contribution >= 0.6 is 0 Å². The van der Waals surface area contributed by atoms with Crippen molar-refractivity contribution in [2.45, 2.75) is 12.5 Å². The molecule has 1 saturated heterocycles. The van der Waals surface area contributed by atoms with E-state index in [0.717, 1.165) is 19.0 Å². The van der Waals surface area contributed by atoms with Crippen LogP contribution < -0.4 is 10.6 Å². The van der Waals surface area contributed by atoms with Crippen LogP contribution in [0, 0.1) is 0 Å². The molecule has 1 aromatic heterocycles. The molecule has 0 bridgehead atoms. The third-order valence-electron chi connectivity index (χ3n) is 2.30. The second-order valence-corrected chi connectivity index (χ2v) is 3.56. The van der Waals surface area contributed by atoms with Gasteiger partial charge >= 0.3 is 0 Å². The summed E-state index contributed by atoms with van der Waals surface area (Å²) in [6, 6.07) is 3.80. The molecule has 0 radical (unpaired) electrons. The summed E-state index contributed by atoms with van der Waals surface area (Å²) in [6.07, 6.45) is 2.22. The number of hydrogen-bond donors (Lipinski definition) is 3. The van der Waals surface area contributed by atoms with Gasteiger partial charge in [0.2, 0.25) is 5.91 Å². The van der Waals surface area contributed by atoms with E-state index in [2.05, 4.69) is 15.6 Å². The van der Waals surface area contributed by atoms with Gasteiger partial charge in [-0.05, 0) is 12.1 Å². The second-order valence-electron chi connectivity index (χ2n) is 3.56. The van der Waals surface area contributed by atoms with Crippen molar-refractivity contribution < 1.29 is 9.53 Å². The predicted octanol–water partition coefficient (Wildman–Crippen LogP) is 0.332. The molecule has 1 aliphatic rings. The maximum absolute atomic E-state index is 11.6. The molecule has 2 rings (SSSR count). The smallest absolute Gasteiger partial charge is 0.227 e. The molecule has 2 heterocycles. The monoisotopic (exact) mass is 209 g/mol. The Bertz CT molecular complexity index is 304. The minimum absolute atomic E-state index is 0.000417. The van der Waals surface area contributed by atoms with Gasteiger partial charge in [0.1, 0.15) is 5.82 Å². The highest BCUT2D eigenvalue weighted by molar-refractivity contribution is 5.90. The minimum atomic E-state index is 0.000417. The van der Waals surface area contributed by atoms with Crippen LogP contribution in [0.3, 0.4) is 0 Å². The maximum atomic E-state index is 11.6. The molecular weight excluding hydrogens is 194 g/mol. The Morgan fingerprint density at radius 2 is 2.60 bits per heavy atom. The second kappa shape index (κ2) is 4.95. The van der Waals surface area contributed by atoms with Crippen molar-refractivity contribution in [1.29, 1.82) is 0 Å². The Kier molecular flexibility index (Phi) is 3.37. The van der Waals surface area contributed by atoms with E-state index in [1.165, 1.54) is 0 Å². The number of aromatic nitrogens is 1. The Morgan fingerprint density at radius 1 is 1.67 bits per heavy atom. The highest BCUT2D eigenvalue weighted by atomic mass is 16.5. The van der Waals surface area contributed by atoms with Crippen molar-refractivity contribution in [3.8, 4) is 0 Å². The van der Waals surface area contributed by atoms with Gasteiger partial charge in [-0.3, -0.25) is 4.79 Å². The van der Waals surface area contributed by atoms with E-state index in [0.29, 0.717) is 13.0 Å². The van der Waals surface area contributed by atoms with Crippen LogP contribution in [0.25, 0.3) is 0 Å². The zero-order chi connectivity index (χ0) is 10.5. The van der Waals surface area contributed by atoms with E-state index < -0.39 is 0 Å². The Hall–Kier alpha value is -1.33. The summed E-state index contributed by atoms with van der Waals surface area (Å²) in [4.78, 5) is 14.5. The third kappa shape index (κ3) is 3.07. The van der Waals surface area contributed by atoms with Gasteiger partial charge in [-0.1, -0.05) is 0 Å². The number of nitrogens with one attached hydrogen (secondary N) is 3. The number of morpholine rings is 1. The van der Waals surface area contributed by atoms with Gasteiger partial charge in [-0.25, -0.2) is 0 Å². The molecule has 5 nitrogen and oxygen atoms in total. The van der Waals surface area contributed by atoms with Crippen LogP contribution in [-0.4, -0.2) is 36.7 Å². The summed E-state index contributed by atoms with van der Waals surface area (Å²) >= 11 is 0. The molecule has 1 amide bonds. The standard InChI is InChI=1S/C10H15N3O2/c14-10(13-9-2-1-3-12-9)6-8-7-15-5-4-11-8/h1-3,8,11-12H,4-7H2,(H,13,14). The van der Waals surface area contributed by atoms with Gasteiger partial charge < -0.3 is 20.4 Å². The molecule has 1 atom stereocenters. The minimum Gasteiger partial charge on any atom is -0.378 e. The molecule has 0 saturated carbocycles. The number of ether oxygens (including phenoxy) is 1. The van der Waals surface area contributed by atoms with Gasteiger partial charge in [0.25, 0.3) is 0 Å². The van der Waals surface area contributed by atoms with Crippen molar-refractivity contribution >= 4 is 11.7 Å². The first-order valence-corrected chi connectivity index (χ1v) is 5.09. The summed E-state index contributed by atoms with van der Waals surface area (Å²) in [5, 5.41) is 6.01. The molecule has 5 heteroatoms.